The van der Waals surface area contributed by atoms with E-state index in [2.05, 4.69) is 15.0 Å². The molecule has 2 aromatic heterocycles. The van der Waals surface area contributed by atoms with Crippen LogP contribution in [0, 0.1) is 11.6 Å². The molecule has 4 N–H and O–H groups in total. The van der Waals surface area contributed by atoms with Crippen LogP contribution in [0.3, 0.4) is 0 Å². The first kappa shape index (κ1) is 11.4. The van der Waals surface area contributed by atoms with Crippen molar-refractivity contribution in [2.45, 2.75) is 0 Å². The molecule has 3 aromatic rings. The summed E-state index contributed by atoms with van der Waals surface area (Å²) in [6, 6.07) is 3.76. The molecule has 0 bridgehead atoms. The van der Waals surface area contributed by atoms with Gasteiger partial charge >= 0.3 is 0 Å². The Hall–Kier alpha value is -2.70. The van der Waals surface area contributed by atoms with Crippen LogP contribution in [0.4, 0.5) is 14.7 Å². The number of rotatable bonds is 1. The second kappa shape index (κ2) is 3.91. The van der Waals surface area contributed by atoms with Gasteiger partial charge in [0.25, 0.3) is 0 Å². The van der Waals surface area contributed by atoms with Gasteiger partial charge in [0, 0.05) is 6.20 Å². The first-order valence-electron chi connectivity index (χ1n) is 5.35. The highest BCUT2D eigenvalue weighted by molar-refractivity contribution is 5.98. The number of aromatic nitrogens is 3. The minimum absolute atomic E-state index is 0.0249. The zero-order chi connectivity index (χ0) is 13.6. The zero-order valence-electron chi connectivity index (χ0n) is 9.48. The number of nitrogen functional groups attached to an aromatic ring is 1. The molecule has 3 rings (SSSR count). The molecule has 0 radical (unpaired) electrons. The van der Waals surface area contributed by atoms with E-state index in [9.17, 15) is 13.9 Å². The van der Waals surface area contributed by atoms with E-state index < -0.39 is 11.6 Å². The van der Waals surface area contributed by atoms with E-state index in [0.29, 0.717) is 0 Å². The fourth-order valence-electron chi connectivity index (χ4n) is 1.97. The summed E-state index contributed by atoms with van der Waals surface area (Å²) < 4.78 is 27.2. The third-order valence-corrected chi connectivity index (χ3v) is 2.77. The molecule has 7 heteroatoms. The maximum atomic E-state index is 13.9. The summed E-state index contributed by atoms with van der Waals surface area (Å²) in [6.07, 6.45) is 1.37. The van der Waals surface area contributed by atoms with E-state index in [4.69, 9.17) is 5.73 Å². The Morgan fingerprint density at radius 1 is 1.21 bits per heavy atom. The molecule has 2 heterocycles. The predicted molar refractivity (Wildman–Crippen MR) is 65.3 cm³/mol. The maximum Gasteiger partial charge on any atom is 0.220 e. The lowest BCUT2D eigenvalue weighted by Gasteiger charge is -2.01. The lowest BCUT2D eigenvalue weighted by Crippen LogP contribution is -1.95. The quantitative estimate of drug-likeness (QED) is 0.627. The largest absolute Gasteiger partial charge is 0.494 e. The van der Waals surface area contributed by atoms with Gasteiger partial charge in [0.2, 0.25) is 5.95 Å². The van der Waals surface area contributed by atoms with Crippen molar-refractivity contribution in [3.05, 3.63) is 36.0 Å². The van der Waals surface area contributed by atoms with Crippen molar-refractivity contribution >= 4 is 16.9 Å². The Morgan fingerprint density at radius 2 is 2.00 bits per heavy atom. The molecule has 5 nitrogen and oxygen atoms in total. The number of aromatic amines is 1. The van der Waals surface area contributed by atoms with E-state index in [0.717, 1.165) is 6.07 Å². The van der Waals surface area contributed by atoms with Crippen molar-refractivity contribution in [2.75, 3.05) is 5.73 Å². The average molecular weight is 262 g/mol. The minimum Gasteiger partial charge on any atom is -0.494 e. The topological polar surface area (TPSA) is 87.8 Å². The predicted octanol–water partition coefficient (Wildman–Crippen LogP) is 2.19. The van der Waals surface area contributed by atoms with Crippen LogP contribution in [0.25, 0.3) is 22.2 Å². The number of hydrogen-bond acceptors (Lipinski definition) is 4. The zero-order valence-corrected chi connectivity index (χ0v) is 9.48. The first-order chi connectivity index (χ1) is 9.08. The van der Waals surface area contributed by atoms with Gasteiger partial charge in [-0.05, 0) is 18.2 Å². The van der Waals surface area contributed by atoms with Crippen LogP contribution in [0.1, 0.15) is 0 Å². The molecule has 0 aliphatic rings. The molecule has 0 fully saturated rings. The van der Waals surface area contributed by atoms with Crippen LogP contribution in [-0.4, -0.2) is 20.1 Å². The molecule has 19 heavy (non-hydrogen) atoms. The van der Waals surface area contributed by atoms with E-state index in [1.54, 1.807) is 0 Å². The van der Waals surface area contributed by atoms with Crippen LogP contribution in [0.2, 0.25) is 0 Å². The van der Waals surface area contributed by atoms with E-state index in [-0.39, 0.29) is 34.0 Å². The number of nitrogens with zero attached hydrogens (tertiary/aromatic N) is 2. The molecular weight excluding hydrogens is 254 g/mol. The molecule has 0 unspecified atom stereocenters. The van der Waals surface area contributed by atoms with Crippen molar-refractivity contribution in [2.24, 2.45) is 0 Å². The Bertz CT molecular complexity index is 785. The highest BCUT2D eigenvalue weighted by Crippen LogP contribution is 2.37. The van der Waals surface area contributed by atoms with Crippen LogP contribution in [0.15, 0.2) is 24.4 Å². The molecule has 0 amide bonds. The first-order valence-corrected chi connectivity index (χ1v) is 5.35. The molecule has 0 saturated carbocycles. The average Bonchev–Trinajstić information content (AvgIpc) is 2.71. The number of hydrogen-bond donors (Lipinski definition) is 3. The van der Waals surface area contributed by atoms with Gasteiger partial charge in [0.15, 0.2) is 17.5 Å². The van der Waals surface area contributed by atoms with Crippen LogP contribution in [-0.2, 0) is 0 Å². The Morgan fingerprint density at radius 3 is 2.74 bits per heavy atom. The van der Waals surface area contributed by atoms with Gasteiger partial charge in [-0.3, -0.25) is 0 Å². The highest BCUT2D eigenvalue weighted by atomic mass is 19.2. The third kappa shape index (κ3) is 1.67. The van der Waals surface area contributed by atoms with Gasteiger partial charge in [-0.1, -0.05) is 0 Å². The van der Waals surface area contributed by atoms with Crippen LogP contribution in [0.5, 0.6) is 5.88 Å². The third-order valence-electron chi connectivity index (χ3n) is 2.77. The fourth-order valence-corrected chi connectivity index (χ4v) is 1.97. The number of benzene rings is 1. The van der Waals surface area contributed by atoms with Crippen molar-refractivity contribution in [3.63, 3.8) is 0 Å². The molecule has 96 valence electrons. The number of fused-ring (bicyclic) bond motifs is 1. The van der Waals surface area contributed by atoms with Crippen molar-refractivity contribution in [1.82, 2.24) is 15.0 Å². The van der Waals surface area contributed by atoms with Gasteiger partial charge in [-0.25, -0.2) is 18.7 Å². The van der Waals surface area contributed by atoms with E-state index in [1.165, 1.54) is 18.3 Å². The molecule has 0 saturated heterocycles. The summed E-state index contributed by atoms with van der Waals surface area (Å²) in [5, 5.41) is 9.77. The van der Waals surface area contributed by atoms with Crippen molar-refractivity contribution in [3.8, 4) is 17.1 Å². The van der Waals surface area contributed by atoms with Crippen LogP contribution < -0.4 is 5.73 Å². The summed E-state index contributed by atoms with van der Waals surface area (Å²) in [5.41, 5.74) is 5.98. The van der Waals surface area contributed by atoms with E-state index >= 15 is 0 Å². The van der Waals surface area contributed by atoms with Crippen molar-refractivity contribution < 1.29 is 13.9 Å². The van der Waals surface area contributed by atoms with Crippen LogP contribution >= 0.6 is 0 Å². The molecule has 0 aliphatic carbocycles. The molecule has 0 spiro atoms. The number of aromatic hydroxyl groups is 1. The summed E-state index contributed by atoms with van der Waals surface area (Å²) in [4.78, 5) is 10.2. The maximum absolute atomic E-state index is 13.9. The minimum atomic E-state index is -1.05. The highest BCUT2D eigenvalue weighted by Gasteiger charge is 2.20. The monoisotopic (exact) mass is 262 g/mol. The number of H-pyrrole nitrogens is 1. The molecular formula is C12H8F2N4O. The smallest absolute Gasteiger partial charge is 0.220 e. The Labute approximate surface area is 105 Å². The normalized spacial score (nSPS) is 11.1. The van der Waals surface area contributed by atoms with Gasteiger partial charge in [0.1, 0.15) is 0 Å². The Balaban J connectivity index is 2.40. The summed E-state index contributed by atoms with van der Waals surface area (Å²) in [6.45, 7) is 0. The summed E-state index contributed by atoms with van der Waals surface area (Å²) in [7, 11) is 0. The van der Waals surface area contributed by atoms with E-state index in [1.807, 2.05) is 0 Å². The number of anilines is 1. The SMILES string of the molecule is Nc1nccc(-c2c(O)[nH]c3ccc(F)c(F)c23)n1. The number of nitrogens with two attached hydrogens (primary N) is 1. The van der Waals surface area contributed by atoms with Gasteiger partial charge in [-0.15, -0.1) is 0 Å². The fraction of sp³-hybridized carbons (Fsp3) is 0. The second-order valence-electron chi connectivity index (χ2n) is 3.93. The summed E-state index contributed by atoms with van der Waals surface area (Å²) >= 11 is 0. The molecule has 0 aliphatic heterocycles. The molecule has 0 atom stereocenters. The molecule has 1 aromatic carbocycles. The van der Waals surface area contributed by atoms with Gasteiger partial charge in [-0.2, -0.15) is 0 Å². The Kier molecular flexibility index (Phi) is 2.34. The lowest BCUT2D eigenvalue weighted by atomic mass is 10.1. The number of nitrogens with one attached hydrogen (secondary N) is 1. The summed E-state index contributed by atoms with van der Waals surface area (Å²) in [5.74, 6) is -2.39. The van der Waals surface area contributed by atoms with Gasteiger partial charge in [0.05, 0.1) is 22.2 Å². The second-order valence-corrected chi connectivity index (χ2v) is 3.93. The van der Waals surface area contributed by atoms with Gasteiger partial charge < -0.3 is 15.8 Å². The van der Waals surface area contributed by atoms with Crippen molar-refractivity contribution in [1.29, 1.82) is 0 Å². The number of halogens is 2. The standard InChI is InChI=1S/C12H8F2N4O/c13-5-1-2-6-8(10(5)14)9(11(19)17-6)7-3-4-16-12(15)18-7/h1-4,17,19H,(H2,15,16,18). The lowest BCUT2D eigenvalue weighted by molar-refractivity contribution is 0.460.